The SMILES string of the molecule is CCNC(=O)Nc1cc(-c2cccc(NC(=O)c3ccc(C(C)(C)C)cc3)c2C)nn(C)c1=O. The number of benzene rings is 2. The summed E-state index contributed by atoms with van der Waals surface area (Å²) in [6.07, 6.45) is 0. The number of aromatic nitrogens is 2. The van der Waals surface area contributed by atoms with Gasteiger partial charge in [0.05, 0.1) is 5.69 Å². The van der Waals surface area contributed by atoms with Crippen molar-refractivity contribution in [2.45, 2.75) is 40.0 Å². The van der Waals surface area contributed by atoms with Crippen molar-refractivity contribution >= 4 is 23.3 Å². The summed E-state index contributed by atoms with van der Waals surface area (Å²) in [7, 11) is 1.52. The molecule has 8 nitrogen and oxygen atoms in total. The third kappa shape index (κ3) is 5.51. The molecule has 8 heteroatoms. The van der Waals surface area contributed by atoms with Crippen LogP contribution in [0, 0.1) is 6.92 Å². The van der Waals surface area contributed by atoms with E-state index in [2.05, 4.69) is 41.8 Å². The number of hydrogen-bond acceptors (Lipinski definition) is 4. The second-order valence-corrected chi connectivity index (χ2v) is 9.12. The van der Waals surface area contributed by atoms with Gasteiger partial charge in [0, 0.05) is 30.4 Å². The van der Waals surface area contributed by atoms with E-state index in [-0.39, 0.29) is 17.0 Å². The van der Waals surface area contributed by atoms with Gasteiger partial charge >= 0.3 is 6.03 Å². The van der Waals surface area contributed by atoms with E-state index in [1.165, 1.54) is 17.8 Å². The van der Waals surface area contributed by atoms with E-state index in [1.807, 2.05) is 49.4 Å². The minimum atomic E-state index is -0.466. The zero-order chi connectivity index (χ0) is 25.0. The first kappa shape index (κ1) is 24.7. The summed E-state index contributed by atoms with van der Waals surface area (Å²) < 4.78 is 1.18. The minimum Gasteiger partial charge on any atom is -0.338 e. The van der Waals surface area contributed by atoms with Gasteiger partial charge in [0.1, 0.15) is 5.69 Å². The molecule has 2 aromatic carbocycles. The first-order valence-corrected chi connectivity index (χ1v) is 11.2. The molecule has 0 aliphatic carbocycles. The topological polar surface area (TPSA) is 105 Å². The fourth-order valence-corrected chi connectivity index (χ4v) is 3.52. The number of anilines is 2. The molecular formula is C26H31N5O3. The maximum atomic E-state index is 12.9. The molecule has 0 aliphatic heterocycles. The van der Waals surface area contributed by atoms with Crippen molar-refractivity contribution in [3.05, 3.63) is 75.6 Å². The molecule has 0 fully saturated rings. The zero-order valence-electron chi connectivity index (χ0n) is 20.4. The molecule has 1 aromatic heterocycles. The Hall–Kier alpha value is -3.94. The summed E-state index contributed by atoms with van der Waals surface area (Å²) in [6.45, 7) is 10.5. The van der Waals surface area contributed by atoms with Crippen LogP contribution >= 0.6 is 0 Å². The molecule has 0 spiro atoms. The van der Waals surface area contributed by atoms with Gasteiger partial charge in [0.15, 0.2) is 0 Å². The Kier molecular flexibility index (Phi) is 7.20. The lowest BCUT2D eigenvalue weighted by Gasteiger charge is -2.19. The highest BCUT2D eigenvalue weighted by Gasteiger charge is 2.17. The molecule has 0 radical (unpaired) electrons. The van der Waals surface area contributed by atoms with Crippen LogP contribution in [0.4, 0.5) is 16.2 Å². The van der Waals surface area contributed by atoms with E-state index in [4.69, 9.17) is 0 Å². The number of carbonyl (C=O) groups is 2. The summed E-state index contributed by atoms with van der Waals surface area (Å²) >= 11 is 0. The van der Waals surface area contributed by atoms with Gasteiger partial charge in [0.2, 0.25) is 0 Å². The Morgan fingerprint density at radius 1 is 1.00 bits per heavy atom. The Bertz CT molecular complexity index is 1270. The molecule has 3 aromatic rings. The third-order valence-electron chi connectivity index (χ3n) is 5.52. The second-order valence-electron chi connectivity index (χ2n) is 9.12. The molecule has 34 heavy (non-hydrogen) atoms. The Balaban J connectivity index is 1.90. The highest BCUT2D eigenvalue weighted by atomic mass is 16.2. The van der Waals surface area contributed by atoms with Crippen LogP contribution in [0.2, 0.25) is 0 Å². The number of rotatable bonds is 5. The van der Waals surface area contributed by atoms with E-state index in [1.54, 1.807) is 6.92 Å². The van der Waals surface area contributed by atoms with Gasteiger partial charge in [0.25, 0.3) is 11.5 Å². The van der Waals surface area contributed by atoms with Crippen molar-refractivity contribution in [2.24, 2.45) is 7.05 Å². The molecule has 0 unspecified atom stereocenters. The summed E-state index contributed by atoms with van der Waals surface area (Å²) in [4.78, 5) is 37.3. The van der Waals surface area contributed by atoms with Crippen LogP contribution < -0.4 is 21.5 Å². The van der Waals surface area contributed by atoms with Crippen LogP contribution in [0.15, 0.2) is 53.3 Å². The quantitative estimate of drug-likeness (QED) is 0.522. The lowest BCUT2D eigenvalue weighted by atomic mass is 9.86. The minimum absolute atomic E-state index is 0.00757. The van der Waals surface area contributed by atoms with E-state index in [9.17, 15) is 14.4 Å². The summed E-state index contributed by atoms with van der Waals surface area (Å²) in [6, 6.07) is 14.1. The third-order valence-corrected chi connectivity index (χ3v) is 5.52. The van der Waals surface area contributed by atoms with Crippen molar-refractivity contribution < 1.29 is 9.59 Å². The largest absolute Gasteiger partial charge is 0.338 e. The number of nitrogens with one attached hydrogen (secondary N) is 3. The van der Waals surface area contributed by atoms with Gasteiger partial charge in [-0.15, -0.1) is 0 Å². The zero-order valence-corrected chi connectivity index (χ0v) is 20.4. The smallest absolute Gasteiger partial charge is 0.319 e. The average molecular weight is 462 g/mol. The molecule has 0 bridgehead atoms. The van der Waals surface area contributed by atoms with Crippen LogP contribution in [0.25, 0.3) is 11.3 Å². The molecule has 1 heterocycles. The van der Waals surface area contributed by atoms with Gasteiger partial charge in [-0.05, 0) is 54.7 Å². The van der Waals surface area contributed by atoms with Crippen molar-refractivity contribution in [1.82, 2.24) is 15.1 Å². The highest BCUT2D eigenvalue weighted by molar-refractivity contribution is 6.05. The predicted molar refractivity (Wildman–Crippen MR) is 135 cm³/mol. The van der Waals surface area contributed by atoms with Gasteiger partial charge in [-0.2, -0.15) is 5.10 Å². The van der Waals surface area contributed by atoms with Gasteiger partial charge < -0.3 is 16.0 Å². The molecular weight excluding hydrogens is 430 g/mol. The van der Waals surface area contributed by atoms with Crippen molar-refractivity contribution in [3.63, 3.8) is 0 Å². The predicted octanol–water partition coefficient (Wildman–Crippen LogP) is 4.45. The maximum Gasteiger partial charge on any atom is 0.319 e. The monoisotopic (exact) mass is 461 g/mol. The lowest BCUT2D eigenvalue weighted by molar-refractivity contribution is 0.102. The normalized spacial score (nSPS) is 11.1. The second kappa shape index (κ2) is 9.91. The molecule has 3 N–H and O–H groups in total. The Morgan fingerprint density at radius 3 is 2.29 bits per heavy atom. The lowest BCUT2D eigenvalue weighted by Crippen LogP contribution is -2.32. The van der Waals surface area contributed by atoms with E-state index in [0.29, 0.717) is 23.5 Å². The van der Waals surface area contributed by atoms with Crippen LogP contribution in [0.3, 0.4) is 0 Å². The fourth-order valence-electron chi connectivity index (χ4n) is 3.52. The highest BCUT2D eigenvalue weighted by Crippen LogP contribution is 2.28. The van der Waals surface area contributed by atoms with E-state index < -0.39 is 11.6 Å². The molecule has 3 amide bonds. The van der Waals surface area contributed by atoms with Crippen molar-refractivity contribution in [1.29, 1.82) is 0 Å². The Labute approximate surface area is 199 Å². The molecule has 0 atom stereocenters. The van der Waals surface area contributed by atoms with Crippen LogP contribution in [-0.2, 0) is 12.5 Å². The van der Waals surface area contributed by atoms with Gasteiger partial charge in [-0.3, -0.25) is 9.59 Å². The number of aryl methyl sites for hydroxylation is 1. The Morgan fingerprint density at radius 2 is 1.68 bits per heavy atom. The van der Waals surface area contributed by atoms with Crippen molar-refractivity contribution in [3.8, 4) is 11.3 Å². The molecule has 0 saturated heterocycles. The van der Waals surface area contributed by atoms with Gasteiger partial charge in [-0.1, -0.05) is 45.0 Å². The van der Waals surface area contributed by atoms with Crippen LogP contribution in [-0.4, -0.2) is 28.3 Å². The van der Waals surface area contributed by atoms with Crippen molar-refractivity contribution in [2.75, 3.05) is 17.2 Å². The number of hydrogen-bond donors (Lipinski definition) is 3. The summed E-state index contributed by atoms with van der Waals surface area (Å²) in [5.74, 6) is -0.215. The van der Waals surface area contributed by atoms with E-state index >= 15 is 0 Å². The standard InChI is InChI=1S/C26H31N5O3/c1-7-27-25(34)29-22-15-21(30-31(6)24(22)33)19-9-8-10-20(16(19)2)28-23(32)17-11-13-18(14-12-17)26(3,4)5/h8-15H,7H2,1-6H3,(H,28,32)(H2,27,29,34). The van der Waals surface area contributed by atoms with E-state index in [0.717, 1.165) is 16.7 Å². The number of urea groups is 1. The molecule has 0 aliphatic rings. The first-order chi connectivity index (χ1) is 16.0. The summed E-state index contributed by atoms with van der Waals surface area (Å²) in [5.41, 5.74) is 4.07. The fraction of sp³-hybridized carbons (Fsp3) is 0.308. The average Bonchev–Trinajstić information content (AvgIpc) is 2.78. The first-order valence-electron chi connectivity index (χ1n) is 11.2. The molecule has 178 valence electrons. The van der Waals surface area contributed by atoms with Crippen LogP contribution in [0.1, 0.15) is 49.2 Å². The molecule has 0 saturated carbocycles. The maximum absolute atomic E-state index is 12.9. The summed E-state index contributed by atoms with van der Waals surface area (Å²) in [5, 5.41) is 12.5. The van der Waals surface area contributed by atoms with Crippen LogP contribution in [0.5, 0.6) is 0 Å². The number of carbonyl (C=O) groups excluding carboxylic acids is 2. The van der Waals surface area contributed by atoms with Gasteiger partial charge in [-0.25, -0.2) is 9.48 Å². The number of amides is 3. The molecule has 3 rings (SSSR count). The number of nitrogens with zero attached hydrogens (tertiary/aromatic N) is 2.